The van der Waals surface area contributed by atoms with Crippen LogP contribution in [0.15, 0.2) is 35.9 Å². The molecule has 2 saturated carbocycles. The van der Waals surface area contributed by atoms with Crippen molar-refractivity contribution < 1.29 is 0 Å². The van der Waals surface area contributed by atoms with Crippen LogP contribution in [0, 0.1) is 11.8 Å². The first-order valence-corrected chi connectivity index (χ1v) is 8.70. The normalized spacial score (nSPS) is 21.6. The third kappa shape index (κ3) is 3.53. The summed E-state index contributed by atoms with van der Waals surface area (Å²) in [6.45, 7) is 0. The van der Waals surface area contributed by atoms with E-state index >= 15 is 0 Å². The van der Waals surface area contributed by atoms with Gasteiger partial charge in [0.1, 0.15) is 0 Å². The van der Waals surface area contributed by atoms with E-state index in [9.17, 15) is 0 Å². The molecule has 0 heterocycles. The molecule has 0 aliphatic heterocycles. The van der Waals surface area contributed by atoms with Gasteiger partial charge in [0, 0.05) is 0 Å². The quantitative estimate of drug-likeness (QED) is 0.609. The van der Waals surface area contributed by atoms with Crippen LogP contribution >= 0.6 is 0 Å². The number of hydrogen-bond donors (Lipinski definition) is 0. The van der Waals surface area contributed by atoms with E-state index in [1.807, 2.05) is 0 Å². The Balaban J connectivity index is 1.83. The van der Waals surface area contributed by atoms with E-state index in [0.29, 0.717) is 0 Å². The predicted octanol–water partition coefficient (Wildman–Crippen LogP) is 6.23. The third-order valence-electron chi connectivity index (χ3n) is 5.29. The Morgan fingerprint density at radius 2 is 1.20 bits per heavy atom. The van der Waals surface area contributed by atoms with E-state index in [-0.39, 0.29) is 0 Å². The summed E-state index contributed by atoms with van der Waals surface area (Å²) in [5.41, 5.74) is 3.22. The first kappa shape index (κ1) is 13.9. The van der Waals surface area contributed by atoms with Crippen LogP contribution in [0.25, 0.3) is 6.08 Å². The molecule has 0 spiro atoms. The first-order valence-electron chi connectivity index (χ1n) is 8.70. The molecular weight excluding hydrogens is 240 g/mol. The van der Waals surface area contributed by atoms with E-state index in [2.05, 4.69) is 36.4 Å². The fourth-order valence-corrected chi connectivity index (χ4v) is 4.18. The van der Waals surface area contributed by atoms with Gasteiger partial charge in [0.15, 0.2) is 0 Å². The summed E-state index contributed by atoms with van der Waals surface area (Å²) >= 11 is 0. The van der Waals surface area contributed by atoms with Crippen LogP contribution in [0.5, 0.6) is 0 Å². The lowest BCUT2D eigenvalue weighted by Gasteiger charge is -2.32. The summed E-state index contributed by atoms with van der Waals surface area (Å²) in [6.07, 6.45) is 17.0. The zero-order chi connectivity index (χ0) is 13.6. The molecule has 0 aromatic heterocycles. The summed E-state index contributed by atoms with van der Waals surface area (Å²) < 4.78 is 0. The Morgan fingerprint density at radius 1 is 0.700 bits per heavy atom. The lowest BCUT2D eigenvalue weighted by molar-refractivity contribution is 0.328. The minimum atomic E-state index is 0.882. The maximum absolute atomic E-state index is 2.55. The molecule has 1 aromatic carbocycles. The van der Waals surface area contributed by atoms with Crippen molar-refractivity contribution in [2.75, 3.05) is 0 Å². The van der Waals surface area contributed by atoms with Gasteiger partial charge in [-0.1, -0.05) is 80.5 Å². The van der Waals surface area contributed by atoms with Gasteiger partial charge in [-0.25, -0.2) is 0 Å². The zero-order valence-electron chi connectivity index (χ0n) is 12.7. The number of rotatable bonds is 3. The van der Waals surface area contributed by atoms with Crippen molar-refractivity contribution in [2.24, 2.45) is 11.8 Å². The van der Waals surface area contributed by atoms with Crippen LogP contribution in [0.1, 0.15) is 69.8 Å². The smallest absolute Gasteiger partial charge is 0.0197 e. The number of allylic oxidation sites excluding steroid dienone is 1. The largest absolute Gasteiger partial charge is 0.0634 e. The molecule has 1 aromatic rings. The van der Waals surface area contributed by atoms with Crippen LogP contribution in [-0.4, -0.2) is 0 Å². The number of benzene rings is 1. The van der Waals surface area contributed by atoms with Crippen molar-refractivity contribution in [1.29, 1.82) is 0 Å². The highest BCUT2D eigenvalue weighted by molar-refractivity contribution is 5.54. The van der Waals surface area contributed by atoms with Gasteiger partial charge in [-0.2, -0.15) is 0 Å². The van der Waals surface area contributed by atoms with Crippen LogP contribution in [0.4, 0.5) is 0 Å². The molecule has 2 fully saturated rings. The lowest BCUT2D eigenvalue weighted by Crippen LogP contribution is -2.18. The highest BCUT2D eigenvalue weighted by Gasteiger charge is 2.25. The van der Waals surface area contributed by atoms with Crippen LogP contribution < -0.4 is 0 Å². The summed E-state index contributed by atoms with van der Waals surface area (Å²) in [5.74, 6) is 1.76. The van der Waals surface area contributed by atoms with E-state index in [0.717, 1.165) is 11.8 Å². The maximum atomic E-state index is 2.55. The molecule has 0 N–H and O–H groups in total. The molecule has 2 aliphatic rings. The molecular formula is C20H28. The summed E-state index contributed by atoms with van der Waals surface area (Å²) in [7, 11) is 0. The molecule has 0 unspecified atom stereocenters. The minimum absolute atomic E-state index is 0.882. The van der Waals surface area contributed by atoms with E-state index in [1.165, 1.54) is 69.8 Å². The Morgan fingerprint density at radius 3 is 1.70 bits per heavy atom. The van der Waals surface area contributed by atoms with Crippen molar-refractivity contribution in [2.45, 2.75) is 64.2 Å². The van der Waals surface area contributed by atoms with Crippen molar-refractivity contribution in [3.05, 3.63) is 41.5 Å². The van der Waals surface area contributed by atoms with Crippen LogP contribution in [0.3, 0.4) is 0 Å². The molecule has 3 rings (SSSR count). The van der Waals surface area contributed by atoms with E-state index in [4.69, 9.17) is 0 Å². The second kappa shape index (κ2) is 7.11. The van der Waals surface area contributed by atoms with Crippen LogP contribution in [0.2, 0.25) is 0 Å². The molecule has 108 valence electrons. The van der Waals surface area contributed by atoms with E-state index in [1.54, 1.807) is 5.57 Å². The standard InChI is InChI=1S/C20H28/c1-4-10-17(11-5-1)16-20(18-12-6-2-7-13-18)19-14-8-3-9-15-19/h1,4-5,10-11,16,18-19H,2-3,6-9,12-15H2. The average molecular weight is 268 g/mol. The fraction of sp³-hybridized carbons (Fsp3) is 0.600. The lowest BCUT2D eigenvalue weighted by atomic mass is 9.73. The molecule has 2 aliphatic carbocycles. The Labute approximate surface area is 124 Å². The molecule has 0 atom stereocenters. The van der Waals surface area contributed by atoms with Gasteiger partial charge in [0.2, 0.25) is 0 Å². The Hall–Kier alpha value is -1.04. The predicted molar refractivity (Wildman–Crippen MR) is 87.6 cm³/mol. The van der Waals surface area contributed by atoms with Crippen LogP contribution in [-0.2, 0) is 0 Å². The van der Waals surface area contributed by atoms with Gasteiger partial charge in [-0.05, 0) is 43.1 Å². The molecule has 20 heavy (non-hydrogen) atoms. The number of hydrogen-bond acceptors (Lipinski definition) is 0. The first-order chi connectivity index (χ1) is 9.93. The molecule has 0 nitrogen and oxygen atoms in total. The zero-order valence-corrected chi connectivity index (χ0v) is 12.7. The SMILES string of the molecule is C(=C(C1CCCCC1)C1CCCCC1)c1ccccc1. The monoisotopic (exact) mass is 268 g/mol. The van der Waals surface area contributed by atoms with Gasteiger partial charge < -0.3 is 0 Å². The Bertz CT molecular complexity index is 397. The molecule has 0 heteroatoms. The molecule has 0 bridgehead atoms. The third-order valence-corrected chi connectivity index (χ3v) is 5.29. The van der Waals surface area contributed by atoms with Crippen molar-refractivity contribution in [1.82, 2.24) is 0 Å². The molecule has 0 radical (unpaired) electrons. The Kier molecular flexibility index (Phi) is 4.95. The van der Waals surface area contributed by atoms with Crippen molar-refractivity contribution in [3.63, 3.8) is 0 Å². The van der Waals surface area contributed by atoms with Crippen molar-refractivity contribution >= 4 is 6.08 Å². The average Bonchev–Trinajstić information content (AvgIpc) is 2.55. The summed E-state index contributed by atoms with van der Waals surface area (Å²) in [4.78, 5) is 0. The highest BCUT2D eigenvalue weighted by atomic mass is 14.3. The minimum Gasteiger partial charge on any atom is -0.0634 e. The topological polar surface area (TPSA) is 0 Å². The molecule has 0 saturated heterocycles. The van der Waals surface area contributed by atoms with Crippen molar-refractivity contribution in [3.8, 4) is 0 Å². The van der Waals surface area contributed by atoms with Gasteiger partial charge in [-0.15, -0.1) is 0 Å². The van der Waals surface area contributed by atoms with E-state index < -0.39 is 0 Å². The van der Waals surface area contributed by atoms with Gasteiger partial charge in [-0.3, -0.25) is 0 Å². The highest BCUT2D eigenvalue weighted by Crippen LogP contribution is 2.40. The second-order valence-electron chi connectivity index (χ2n) is 6.72. The van der Waals surface area contributed by atoms with Gasteiger partial charge in [0.05, 0.1) is 0 Å². The molecule has 0 amide bonds. The second-order valence-corrected chi connectivity index (χ2v) is 6.72. The summed E-state index contributed by atoms with van der Waals surface area (Å²) in [6, 6.07) is 11.0. The maximum Gasteiger partial charge on any atom is -0.0197 e. The summed E-state index contributed by atoms with van der Waals surface area (Å²) in [5, 5.41) is 0. The van der Waals surface area contributed by atoms with Gasteiger partial charge >= 0.3 is 0 Å². The fourth-order valence-electron chi connectivity index (χ4n) is 4.18. The van der Waals surface area contributed by atoms with Gasteiger partial charge in [0.25, 0.3) is 0 Å².